The zero-order chi connectivity index (χ0) is 73.5. The molecule has 0 saturated carbocycles. The highest BCUT2D eigenvalue weighted by Crippen LogP contribution is 2.21. The Hall–Kier alpha value is -5.07. The summed E-state index contributed by atoms with van der Waals surface area (Å²) < 4.78 is 34.7. The minimum Gasteiger partial charge on any atom is -0.462 e. The van der Waals surface area contributed by atoms with E-state index in [2.05, 4.69) is 45.7 Å². The third kappa shape index (κ3) is 53.5. The third-order valence-corrected chi connectivity index (χ3v) is 16.4. The monoisotopic (exact) mass is 1400 g/mol. The number of esters is 4. The van der Waals surface area contributed by atoms with E-state index in [-0.39, 0.29) is 55.7 Å². The predicted molar refractivity (Wildman–Crippen MR) is 383 cm³/mol. The lowest BCUT2D eigenvalue weighted by atomic mass is 10.0. The first-order valence-electron chi connectivity index (χ1n) is 36.7. The molecule has 23 nitrogen and oxygen atoms in total. The van der Waals surface area contributed by atoms with Gasteiger partial charge in [0.05, 0.1) is 49.1 Å². The molecule has 0 aliphatic rings. The van der Waals surface area contributed by atoms with Crippen molar-refractivity contribution in [2.75, 3.05) is 37.7 Å². The lowest BCUT2D eigenvalue weighted by molar-refractivity contribution is -0.167. The van der Waals surface area contributed by atoms with E-state index in [1.54, 1.807) is 96.9 Å². The van der Waals surface area contributed by atoms with Crippen LogP contribution in [0.5, 0.6) is 0 Å². The SMILES string of the molecule is CCCCCCCCCCCCCCCC(=O)OC[C@@H](CSC[C@@H](N)C(=O)NCC(=O)NCC(=O)NCC(=O)N[C@@H](CCC(=O)OC(C)(C)C)C(=O)N[C@H](C(=O)N[C@H](C(=O)OC(C)(C)C)[C@@H](C)OC(C)(C)C)[C@@H](C)OC(C)(C)C)OC(=O)CCCCCCCCCCCCCCC. The minimum atomic E-state index is -1.49. The number of nitrogens with one attached hydrogen (secondary N) is 6. The summed E-state index contributed by atoms with van der Waals surface area (Å²) in [4.78, 5) is 133. The second-order valence-corrected chi connectivity index (χ2v) is 30.9. The van der Waals surface area contributed by atoms with Gasteiger partial charge in [-0.25, -0.2) is 4.79 Å². The molecule has 0 bridgehead atoms. The standard InChI is InChI=1S/C73H135N7O16S/c1-17-19-21-23-25-27-29-31-33-35-37-39-41-43-61(84)91-50-55(92-62(85)44-42-40-38-36-34-32-30-28-26-24-22-20-18-2)51-97-52-56(74)66(87)77-48-59(82)75-47-58(81)76-49-60(83)78-57(45-46-63(86)95-72(11,12)13)67(88)79-64(53(3)93-70(5,6)7)68(89)80-65(54(4)94-71(8,9)10)69(90)96-73(14,15)16/h53-57,64-65H,17-52,74H2,1-16H3,(H,75,82)(H,76,81)(H,77,87)(H,78,83)(H,79,88)(H,80,89)/t53-,54-,55+,56-,57+,64+,65+/m1/s1. The predicted octanol–water partition coefficient (Wildman–Crippen LogP) is 11.1. The van der Waals surface area contributed by atoms with Crippen LogP contribution in [0.15, 0.2) is 0 Å². The van der Waals surface area contributed by atoms with Crippen LogP contribution >= 0.6 is 11.8 Å². The van der Waals surface area contributed by atoms with Crippen molar-refractivity contribution in [1.29, 1.82) is 0 Å². The Kier molecular flexibility index (Phi) is 49.3. The average Bonchev–Trinajstić information content (AvgIpc) is 0.839. The van der Waals surface area contributed by atoms with Crippen molar-refractivity contribution in [3.63, 3.8) is 0 Å². The maximum atomic E-state index is 14.3. The molecule has 0 spiro atoms. The molecular weight excluding hydrogens is 1260 g/mol. The Morgan fingerprint density at radius 1 is 0.402 bits per heavy atom. The lowest BCUT2D eigenvalue weighted by Gasteiger charge is -2.35. The van der Waals surface area contributed by atoms with Gasteiger partial charge >= 0.3 is 23.9 Å². The molecule has 0 aliphatic carbocycles. The minimum absolute atomic E-state index is 0.0746. The number of amides is 6. The number of rotatable bonds is 55. The van der Waals surface area contributed by atoms with E-state index in [4.69, 9.17) is 34.2 Å². The summed E-state index contributed by atoms with van der Waals surface area (Å²) in [5.41, 5.74) is 2.82. The normalized spacial score (nSPS) is 14.1. The van der Waals surface area contributed by atoms with Gasteiger partial charge in [-0.05, 0) is 116 Å². The summed E-state index contributed by atoms with van der Waals surface area (Å²) in [5, 5.41) is 15.0. The number of hydrogen-bond acceptors (Lipinski definition) is 18. The van der Waals surface area contributed by atoms with E-state index in [0.717, 1.165) is 38.5 Å². The van der Waals surface area contributed by atoms with Crippen molar-refractivity contribution < 1.29 is 76.4 Å². The topological polar surface area (TPSA) is 324 Å². The molecule has 0 unspecified atom stereocenters. The fraction of sp³-hybridized carbons (Fsp3) is 0.863. The number of carbonyl (C=O) groups excluding carboxylic acids is 10. The van der Waals surface area contributed by atoms with E-state index in [1.165, 1.54) is 127 Å². The highest BCUT2D eigenvalue weighted by molar-refractivity contribution is 7.99. The van der Waals surface area contributed by atoms with Gasteiger partial charge in [0.2, 0.25) is 35.4 Å². The zero-order valence-corrected chi connectivity index (χ0v) is 63.8. The Morgan fingerprint density at radius 2 is 0.794 bits per heavy atom. The molecule has 6 amide bonds. The molecule has 8 N–H and O–H groups in total. The van der Waals surface area contributed by atoms with E-state index < -0.39 is 132 Å². The van der Waals surface area contributed by atoms with Crippen LogP contribution in [-0.2, 0) is 76.4 Å². The van der Waals surface area contributed by atoms with Gasteiger partial charge in [0.15, 0.2) is 6.04 Å². The Bertz CT molecular complexity index is 2260. The third-order valence-electron chi connectivity index (χ3n) is 15.2. The van der Waals surface area contributed by atoms with Gasteiger partial charge < -0.3 is 66.1 Å². The molecule has 7 atom stereocenters. The molecule has 97 heavy (non-hydrogen) atoms. The number of thioether (sulfide) groups is 1. The molecule has 0 fully saturated rings. The lowest BCUT2D eigenvalue weighted by Crippen LogP contribution is -2.62. The summed E-state index contributed by atoms with van der Waals surface area (Å²) in [7, 11) is 0. The van der Waals surface area contributed by atoms with Crippen LogP contribution in [0.1, 0.15) is 303 Å². The summed E-state index contributed by atoms with van der Waals surface area (Å²) in [6, 6.07) is -5.41. The maximum Gasteiger partial charge on any atom is 0.331 e. The first kappa shape index (κ1) is 91.9. The van der Waals surface area contributed by atoms with Crippen LogP contribution in [0.25, 0.3) is 0 Å². The molecule has 24 heteroatoms. The second kappa shape index (κ2) is 52.0. The molecule has 0 saturated heterocycles. The van der Waals surface area contributed by atoms with Gasteiger partial charge in [0.1, 0.15) is 36.0 Å². The van der Waals surface area contributed by atoms with Gasteiger partial charge in [-0.15, -0.1) is 0 Å². The Labute approximate surface area is 588 Å². The first-order chi connectivity index (χ1) is 45.4. The Balaban J connectivity index is 5.67. The smallest absolute Gasteiger partial charge is 0.331 e. The van der Waals surface area contributed by atoms with Crippen LogP contribution in [0.4, 0.5) is 0 Å². The van der Waals surface area contributed by atoms with Crippen LogP contribution in [0, 0.1) is 0 Å². The number of hydrogen-bond donors (Lipinski definition) is 7. The summed E-state index contributed by atoms with van der Waals surface area (Å²) in [5.74, 6) is -6.81. The molecule has 0 aromatic heterocycles. The zero-order valence-electron chi connectivity index (χ0n) is 63.0. The van der Waals surface area contributed by atoms with Gasteiger partial charge in [-0.2, -0.15) is 11.8 Å². The van der Waals surface area contributed by atoms with Crippen LogP contribution in [0.2, 0.25) is 0 Å². The van der Waals surface area contributed by atoms with E-state index in [9.17, 15) is 47.9 Å². The fourth-order valence-electron chi connectivity index (χ4n) is 10.4. The molecular formula is C73H135N7O16S. The van der Waals surface area contributed by atoms with E-state index >= 15 is 0 Å². The van der Waals surface area contributed by atoms with Crippen LogP contribution in [-0.4, -0.2) is 162 Å². The highest BCUT2D eigenvalue weighted by atomic mass is 32.2. The number of unbranched alkanes of at least 4 members (excludes halogenated alkanes) is 24. The van der Waals surface area contributed by atoms with E-state index in [1.807, 2.05) is 0 Å². The van der Waals surface area contributed by atoms with Crippen LogP contribution < -0.4 is 37.6 Å². The Morgan fingerprint density at radius 3 is 1.23 bits per heavy atom. The van der Waals surface area contributed by atoms with Gasteiger partial charge in [0.25, 0.3) is 0 Å². The van der Waals surface area contributed by atoms with Crippen LogP contribution in [0.3, 0.4) is 0 Å². The fourth-order valence-corrected chi connectivity index (χ4v) is 11.4. The first-order valence-corrected chi connectivity index (χ1v) is 37.8. The number of ether oxygens (including phenoxy) is 6. The molecule has 0 rings (SSSR count). The number of carbonyl (C=O) groups is 10. The molecule has 564 valence electrons. The van der Waals surface area contributed by atoms with Crippen molar-refractivity contribution >= 4 is 71.1 Å². The quantitative estimate of drug-likeness (QED) is 0.0169. The summed E-state index contributed by atoms with van der Waals surface area (Å²) >= 11 is 1.23. The van der Waals surface area contributed by atoms with Crippen molar-refractivity contribution in [2.45, 2.75) is 368 Å². The van der Waals surface area contributed by atoms with Crippen molar-refractivity contribution in [3.05, 3.63) is 0 Å². The highest BCUT2D eigenvalue weighted by Gasteiger charge is 2.39. The average molecular weight is 1400 g/mol. The van der Waals surface area contributed by atoms with Gasteiger partial charge in [-0.3, -0.25) is 43.2 Å². The molecule has 0 aromatic rings. The summed E-state index contributed by atoms with van der Waals surface area (Å²) in [6.45, 7) is 26.2. The van der Waals surface area contributed by atoms with Gasteiger partial charge in [0, 0.05) is 30.8 Å². The summed E-state index contributed by atoms with van der Waals surface area (Å²) in [6.07, 6.45) is 27.9. The van der Waals surface area contributed by atoms with Gasteiger partial charge in [-0.1, -0.05) is 168 Å². The second-order valence-electron chi connectivity index (χ2n) is 29.8. The number of nitrogens with two attached hydrogens (primary N) is 1. The molecule has 0 aromatic carbocycles. The maximum absolute atomic E-state index is 14.3. The molecule has 0 heterocycles. The molecule has 0 radical (unpaired) electrons. The largest absolute Gasteiger partial charge is 0.462 e. The van der Waals surface area contributed by atoms with E-state index in [0.29, 0.717) is 12.8 Å². The van der Waals surface area contributed by atoms with Crippen molar-refractivity contribution in [2.24, 2.45) is 5.73 Å². The molecule has 0 aliphatic heterocycles. The van der Waals surface area contributed by atoms with Crippen molar-refractivity contribution in [3.8, 4) is 0 Å². The van der Waals surface area contributed by atoms with Crippen molar-refractivity contribution in [1.82, 2.24) is 31.9 Å².